The standard InChI is InChI=1S/C28H30N6O4S2/c1-38-20-10-6-8-18(14-20)24(35)31-19-9-5-7-17(13-19)21-15-39-25(32-21)22-23(29)33-27(40-22)34-26(36)30-16-28(37)11-3-2-4-12-28/h5-10,13-15,37H,2-4,11-12,16,29H2,1H3,(H,31,35)(H2,30,33,34,36). The first-order valence-electron chi connectivity index (χ1n) is 12.9. The van der Waals surface area contributed by atoms with Crippen LogP contribution in [0.5, 0.6) is 5.75 Å². The number of anilines is 3. The predicted molar refractivity (Wildman–Crippen MR) is 159 cm³/mol. The van der Waals surface area contributed by atoms with E-state index in [9.17, 15) is 14.7 Å². The fraction of sp³-hybridized carbons (Fsp3) is 0.286. The zero-order valence-corrected chi connectivity index (χ0v) is 23.5. The molecule has 10 nitrogen and oxygen atoms in total. The number of thiazole rings is 2. The number of aromatic nitrogens is 2. The van der Waals surface area contributed by atoms with Crippen LogP contribution in [0.15, 0.2) is 53.9 Å². The molecule has 0 bridgehead atoms. The highest BCUT2D eigenvalue weighted by Crippen LogP contribution is 2.38. The molecule has 4 aromatic rings. The summed E-state index contributed by atoms with van der Waals surface area (Å²) in [4.78, 5) is 34.8. The molecular weight excluding hydrogens is 548 g/mol. The maximum Gasteiger partial charge on any atom is 0.321 e. The first-order chi connectivity index (χ1) is 19.3. The minimum Gasteiger partial charge on any atom is -0.497 e. The Morgan fingerprint density at radius 2 is 1.88 bits per heavy atom. The average molecular weight is 579 g/mol. The number of urea groups is 1. The summed E-state index contributed by atoms with van der Waals surface area (Å²) in [6.45, 7) is 0.196. The van der Waals surface area contributed by atoms with Gasteiger partial charge in [0.15, 0.2) is 5.13 Å². The lowest BCUT2D eigenvalue weighted by atomic mass is 9.85. The Morgan fingerprint density at radius 3 is 2.67 bits per heavy atom. The van der Waals surface area contributed by atoms with Gasteiger partial charge in [-0.3, -0.25) is 10.1 Å². The molecule has 0 saturated heterocycles. The van der Waals surface area contributed by atoms with E-state index in [2.05, 4.69) is 20.9 Å². The number of hydrogen-bond acceptors (Lipinski definition) is 9. The Kier molecular flexibility index (Phi) is 8.29. The average Bonchev–Trinajstić information content (AvgIpc) is 3.59. The molecule has 2 aromatic heterocycles. The van der Waals surface area contributed by atoms with Gasteiger partial charge in [0.25, 0.3) is 5.91 Å². The van der Waals surface area contributed by atoms with Crippen molar-refractivity contribution < 1.29 is 19.4 Å². The highest BCUT2D eigenvalue weighted by molar-refractivity contribution is 7.23. The molecular formula is C28H30N6O4S2. The Morgan fingerprint density at radius 1 is 1.07 bits per heavy atom. The van der Waals surface area contributed by atoms with Crippen LogP contribution < -0.4 is 26.4 Å². The van der Waals surface area contributed by atoms with Crippen molar-refractivity contribution in [1.82, 2.24) is 15.3 Å². The summed E-state index contributed by atoms with van der Waals surface area (Å²) in [7, 11) is 1.56. The van der Waals surface area contributed by atoms with E-state index in [4.69, 9.17) is 15.5 Å². The van der Waals surface area contributed by atoms with Crippen molar-refractivity contribution in [2.24, 2.45) is 0 Å². The fourth-order valence-corrected chi connectivity index (χ4v) is 6.35. The second kappa shape index (κ2) is 12.0. The quantitative estimate of drug-likeness (QED) is 0.183. The van der Waals surface area contributed by atoms with Crippen LogP contribution >= 0.6 is 22.7 Å². The first-order valence-corrected chi connectivity index (χ1v) is 14.6. The predicted octanol–water partition coefficient (Wildman–Crippen LogP) is 5.59. The van der Waals surface area contributed by atoms with Crippen molar-refractivity contribution >= 4 is 51.2 Å². The second-order valence-corrected chi connectivity index (χ2v) is 11.5. The van der Waals surface area contributed by atoms with E-state index in [0.717, 1.165) is 30.5 Å². The lowest BCUT2D eigenvalue weighted by Gasteiger charge is -2.31. The van der Waals surface area contributed by atoms with E-state index in [-0.39, 0.29) is 18.3 Å². The molecule has 12 heteroatoms. The summed E-state index contributed by atoms with van der Waals surface area (Å²) in [6.07, 6.45) is 4.41. The van der Waals surface area contributed by atoms with Crippen LogP contribution in [0.1, 0.15) is 42.5 Å². The van der Waals surface area contributed by atoms with E-state index < -0.39 is 11.6 Å². The van der Waals surface area contributed by atoms with Gasteiger partial charge in [0, 0.05) is 28.7 Å². The zero-order chi connectivity index (χ0) is 28.1. The van der Waals surface area contributed by atoms with Crippen LogP contribution in [0.3, 0.4) is 0 Å². The molecule has 2 heterocycles. The van der Waals surface area contributed by atoms with Gasteiger partial charge >= 0.3 is 6.03 Å². The SMILES string of the molecule is COc1cccc(C(=O)Nc2cccc(-c3csc(-c4sc(NC(=O)NCC5(O)CCCCC5)nc4N)n3)c2)c1. The van der Waals surface area contributed by atoms with Crippen LogP contribution in [0.25, 0.3) is 21.1 Å². The monoisotopic (exact) mass is 578 g/mol. The van der Waals surface area contributed by atoms with Gasteiger partial charge < -0.3 is 26.2 Å². The number of nitrogens with zero attached hydrogens (tertiary/aromatic N) is 2. The number of ether oxygens (including phenoxy) is 1. The van der Waals surface area contributed by atoms with Crippen LogP contribution in [0.4, 0.5) is 21.4 Å². The van der Waals surface area contributed by atoms with Crippen molar-refractivity contribution in [2.45, 2.75) is 37.7 Å². The maximum absolute atomic E-state index is 12.7. The number of aliphatic hydroxyl groups is 1. The van der Waals surface area contributed by atoms with E-state index in [0.29, 0.717) is 44.9 Å². The van der Waals surface area contributed by atoms with Crippen molar-refractivity contribution in [3.8, 4) is 26.9 Å². The van der Waals surface area contributed by atoms with Crippen LogP contribution in [-0.4, -0.2) is 46.3 Å². The van der Waals surface area contributed by atoms with E-state index in [1.54, 1.807) is 31.4 Å². The molecule has 40 heavy (non-hydrogen) atoms. The number of carbonyl (C=O) groups excluding carboxylic acids is 2. The van der Waals surface area contributed by atoms with Gasteiger partial charge in [0.05, 0.1) is 18.4 Å². The van der Waals surface area contributed by atoms with Crippen molar-refractivity contribution in [3.05, 3.63) is 59.5 Å². The molecule has 3 amide bonds. The fourth-order valence-electron chi connectivity index (χ4n) is 4.55. The molecule has 0 radical (unpaired) electrons. The van der Waals surface area contributed by atoms with Gasteiger partial charge in [0.2, 0.25) is 0 Å². The molecule has 0 atom stereocenters. The van der Waals surface area contributed by atoms with Gasteiger partial charge in [-0.1, -0.05) is 48.8 Å². The van der Waals surface area contributed by atoms with Gasteiger partial charge in [0.1, 0.15) is 21.5 Å². The lowest BCUT2D eigenvalue weighted by Crippen LogP contribution is -2.45. The summed E-state index contributed by atoms with van der Waals surface area (Å²) in [5.74, 6) is 0.631. The van der Waals surface area contributed by atoms with Gasteiger partial charge in [-0.2, -0.15) is 0 Å². The molecule has 2 aromatic carbocycles. The van der Waals surface area contributed by atoms with Crippen LogP contribution in [-0.2, 0) is 0 Å². The van der Waals surface area contributed by atoms with E-state index >= 15 is 0 Å². The largest absolute Gasteiger partial charge is 0.497 e. The number of benzene rings is 2. The minimum atomic E-state index is -0.852. The zero-order valence-electron chi connectivity index (χ0n) is 21.9. The molecule has 1 saturated carbocycles. The summed E-state index contributed by atoms with van der Waals surface area (Å²) >= 11 is 2.64. The molecule has 208 valence electrons. The number of nitrogens with two attached hydrogens (primary N) is 1. The highest BCUT2D eigenvalue weighted by atomic mass is 32.1. The topological polar surface area (TPSA) is 151 Å². The van der Waals surface area contributed by atoms with Crippen molar-refractivity contribution in [2.75, 3.05) is 30.0 Å². The third kappa shape index (κ3) is 6.58. The van der Waals surface area contributed by atoms with E-state index in [1.807, 2.05) is 29.6 Å². The van der Waals surface area contributed by atoms with Crippen molar-refractivity contribution in [3.63, 3.8) is 0 Å². The normalized spacial score (nSPS) is 14.3. The number of carbonyl (C=O) groups is 2. The number of rotatable bonds is 8. The van der Waals surface area contributed by atoms with Crippen LogP contribution in [0, 0.1) is 0 Å². The Balaban J connectivity index is 1.24. The van der Waals surface area contributed by atoms with Gasteiger partial charge in [-0.15, -0.1) is 11.3 Å². The van der Waals surface area contributed by atoms with Crippen LogP contribution in [0.2, 0.25) is 0 Å². The summed E-state index contributed by atoms with van der Waals surface area (Å²) in [5, 5.41) is 21.9. The molecule has 5 rings (SSSR count). The summed E-state index contributed by atoms with van der Waals surface area (Å²) in [6, 6.07) is 13.9. The number of methoxy groups -OCH3 is 1. The Labute approximate surface area is 239 Å². The first kappa shape index (κ1) is 27.6. The van der Waals surface area contributed by atoms with Gasteiger partial charge in [-0.25, -0.2) is 14.8 Å². The molecule has 6 N–H and O–H groups in total. The Hall–Kier alpha value is -4.00. The van der Waals surface area contributed by atoms with E-state index in [1.165, 1.54) is 22.7 Å². The molecule has 1 aliphatic rings. The molecule has 0 spiro atoms. The summed E-state index contributed by atoms with van der Waals surface area (Å²) < 4.78 is 5.20. The lowest BCUT2D eigenvalue weighted by molar-refractivity contribution is 0.00755. The van der Waals surface area contributed by atoms with Gasteiger partial charge in [-0.05, 0) is 43.2 Å². The number of amides is 3. The molecule has 0 aliphatic heterocycles. The highest BCUT2D eigenvalue weighted by Gasteiger charge is 2.29. The molecule has 1 aliphatic carbocycles. The third-order valence-corrected chi connectivity index (χ3v) is 8.66. The van der Waals surface area contributed by atoms with Crippen molar-refractivity contribution in [1.29, 1.82) is 0 Å². The minimum absolute atomic E-state index is 0.196. The second-order valence-electron chi connectivity index (χ2n) is 9.63. The summed E-state index contributed by atoms with van der Waals surface area (Å²) in [5.41, 5.74) is 7.98. The number of nitrogen functional groups attached to an aromatic ring is 1. The molecule has 0 unspecified atom stereocenters. The smallest absolute Gasteiger partial charge is 0.321 e. The number of nitrogens with one attached hydrogen (secondary N) is 3. The maximum atomic E-state index is 12.7. The third-order valence-electron chi connectivity index (χ3n) is 6.68. The molecule has 1 fully saturated rings. The Bertz CT molecular complexity index is 1510. The number of hydrogen-bond donors (Lipinski definition) is 5.